The Bertz CT molecular complexity index is 749. The van der Waals surface area contributed by atoms with Crippen LogP contribution in [-0.2, 0) is 9.59 Å². The second kappa shape index (κ2) is 9.41. The first-order chi connectivity index (χ1) is 12.4. The summed E-state index contributed by atoms with van der Waals surface area (Å²) in [4.78, 5) is 23.6. The quantitative estimate of drug-likeness (QED) is 0.744. The zero-order chi connectivity index (χ0) is 18.9. The van der Waals surface area contributed by atoms with Crippen molar-refractivity contribution in [2.24, 2.45) is 0 Å². The lowest BCUT2D eigenvalue weighted by atomic mass is 10.2. The van der Waals surface area contributed by atoms with Gasteiger partial charge in [-0.1, -0.05) is 12.1 Å². The van der Waals surface area contributed by atoms with Crippen LogP contribution in [0.3, 0.4) is 0 Å². The molecule has 0 saturated heterocycles. The highest BCUT2D eigenvalue weighted by atomic mass is 19.1. The Kier molecular flexibility index (Phi) is 6.96. The number of hydrogen-bond acceptors (Lipinski definition) is 4. The standard InChI is InChI=1S/C19H21FN2O4/c1-13-4-3-5-17(12-13)25-11-10-18(23)21-22-19(24)14(2)26-16-8-6-15(20)7-9-16/h3-9,12,14H,10-11H2,1-2H3,(H,21,23)(H,22,24)/t14-/m0/s1. The average Bonchev–Trinajstić information content (AvgIpc) is 2.61. The lowest BCUT2D eigenvalue weighted by molar-refractivity contribution is -0.132. The summed E-state index contributed by atoms with van der Waals surface area (Å²) < 4.78 is 23.7. The van der Waals surface area contributed by atoms with Crippen LogP contribution < -0.4 is 20.3 Å². The fourth-order valence-electron chi connectivity index (χ4n) is 2.03. The molecule has 1 atom stereocenters. The molecule has 2 aromatic rings. The van der Waals surface area contributed by atoms with Crippen LogP contribution in [0.5, 0.6) is 11.5 Å². The van der Waals surface area contributed by atoms with Gasteiger partial charge < -0.3 is 9.47 Å². The van der Waals surface area contributed by atoms with Gasteiger partial charge in [0.05, 0.1) is 13.0 Å². The number of nitrogens with one attached hydrogen (secondary N) is 2. The number of hydrazine groups is 1. The molecule has 0 fully saturated rings. The van der Waals surface area contributed by atoms with Crippen LogP contribution in [0.25, 0.3) is 0 Å². The van der Waals surface area contributed by atoms with Crippen molar-refractivity contribution in [3.8, 4) is 11.5 Å². The molecule has 2 N–H and O–H groups in total. The van der Waals surface area contributed by atoms with Gasteiger partial charge in [-0.3, -0.25) is 20.4 Å². The Balaban J connectivity index is 1.67. The van der Waals surface area contributed by atoms with E-state index in [9.17, 15) is 14.0 Å². The maximum Gasteiger partial charge on any atom is 0.279 e. The van der Waals surface area contributed by atoms with Gasteiger partial charge in [-0.05, 0) is 55.8 Å². The minimum absolute atomic E-state index is 0.0847. The number of aryl methyl sites for hydroxylation is 1. The van der Waals surface area contributed by atoms with E-state index >= 15 is 0 Å². The van der Waals surface area contributed by atoms with Crippen molar-refractivity contribution in [1.29, 1.82) is 0 Å². The number of ether oxygens (including phenoxy) is 2. The van der Waals surface area contributed by atoms with Gasteiger partial charge >= 0.3 is 0 Å². The number of carbonyl (C=O) groups excluding carboxylic acids is 2. The zero-order valence-electron chi connectivity index (χ0n) is 14.6. The van der Waals surface area contributed by atoms with Crippen LogP contribution in [0.4, 0.5) is 4.39 Å². The van der Waals surface area contributed by atoms with Gasteiger partial charge in [-0.15, -0.1) is 0 Å². The third-order valence-electron chi connectivity index (χ3n) is 3.41. The first-order valence-electron chi connectivity index (χ1n) is 8.14. The molecule has 0 bridgehead atoms. The Morgan fingerprint density at radius 2 is 1.81 bits per heavy atom. The minimum Gasteiger partial charge on any atom is -0.493 e. The van der Waals surface area contributed by atoms with Crippen LogP contribution in [0.2, 0.25) is 0 Å². The fourth-order valence-corrected chi connectivity index (χ4v) is 2.03. The summed E-state index contributed by atoms with van der Waals surface area (Å²) in [6.45, 7) is 3.66. The van der Waals surface area contributed by atoms with Gasteiger partial charge in [0.1, 0.15) is 17.3 Å². The van der Waals surface area contributed by atoms with Gasteiger partial charge in [-0.2, -0.15) is 0 Å². The van der Waals surface area contributed by atoms with E-state index in [-0.39, 0.29) is 18.9 Å². The molecule has 6 nitrogen and oxygen atoms in total. The third kappa shape index (κ3) is 6.43. The van der Waals surface area contributed by atoms with Crippen molar-refractivity contribution in [2.75, 3.05) is 6.61 Å². The van der Waals surface area contributed by atoms with E-state index in [1.54, 1.807) is 6.07 Å². The highest BCUT2D eigenvalue weighted by molar-refractivity contribution is 5.84. The van der Waals surface area contributed by atoms with Crippen LogP contribution in [0, 0.1) is 12.7 Å². The summed E-state index contributed by atoms with van der Waals surface area (Å²) in [7, 11) is 0. The molecule has 0 aromatic heterocycles. The predicted octanol–water partition coefficient (Wildman–Crippen LogP) is 2.52. The molecule has 0 spiro atoms. The topological polar surface area (TPSA) is 76.7 Å². The predicted molar refractivity (Wildman–Crippen MR) is 94.1 cm³/mol. The molecule has 0 radical (unpaired) electrons. The smallest absolute Gasteiger partial charge is 0.279 e. The number of halogens is 1. The van der Waals surface area contributed by atoms with Crippen molar-refractivity contribution in [2.45, 2.75) is 26.4 Å². The summed E-state index contributed by atoms with van der Waals surface area (Å²) >= 11 is 0. The average molecular weight is 360 g/mol. The normalized spacial score (nSPS) is 11.3. The Hall–Kier alpha value is -3.09. The van der Waals surface area contributed by atoms with E-state index in [0.29, 0.717) is 11.5 Å². The molecular formula is C19H21FN2O4. The van der Waals surface area contributed by atoms with Gasteiger partial charge in [0.2, 0.25) is 5.91 Å². The summed E-state index contributed by atoms with van der Waals surface area (Å²) in [6.07, 6.45) is -0.772. The molecule has 7 heteroatoms. The van der Waals surface area contributed by atoms with Gasteiger partial charge in [0, 0.05) is 0 Å². The molecule has 2 rings (SSSR count). The highest BCUT2D eigenvalue weighted by Crippen LogP contribution is 2.13. The second-order valence-corrected chi connectivity index (χ2v) is 5.67. The van der Waals surface area contributed by atoms with Crippen molar-refractivity contribution < 1.29 is 23.5 Å². The molecule has 0 heterocycles. The fraction of sp³-hybridized carbons (Fsp3) is 0.263. The second-order valence-electron chi connectivity index (χ2n) is 5.67. The molecular weight excluding hydrogens is 339 g/mol. The van der Waals surface area contributed by atoms with E-state index in [1.807, 2.05) is 25.1 Å². The largest absolute Gasteiger partial charge is 0.493 e. The third-order valence-corrected chi connectivity index (χ3v) is 3.41. The number of carbonyl (C=O) groups is 2. The molecule has 0 aliphatic heterocycles. The monoisotopic (exact) mass is 360 g/mol. The van der Waals surface area contributed by atoms with Crippen molar-refractivity contribution in [3.05, 3.63) is 59.9 Å². The molecule has 2 aromatic carbocycles. The van der Waals surface area contributed by atoms with Crippen LogP contribution in [0.1, 0.15) is 18.9 Å². The van der Waals surface area contributed by atoms with Crippen molar-refractivity contribution in [1.82, 2.24) is 10.9 Å². The van der Waals surface area contributed by atoms with E-state index < -0.39 is 17.8 Å². The van der Waals surface area contributed by atoms with E-state index in [0.717, 1.165) is 5.56 Å². The number of rotatable bonds is 7. The molecule has 138 valence electrons. The van der Waals surface area contributed by atoms with Crippen molar-refractivity contribution in [3.63, 3.8) is 0 Å². The highest BCUT2D eigenvalue weighted by Gasteiger charge is 2.15. The lowest BCUT2D eigenvalue weighted by Gasteiger charge is -2.15. The maximum atomic E-state index is 12.8. The number of benzene rings is 2. The SMILES string of the molecule is Cc1cccc(OCCC(=O)NNC(=O)[C@H](C)Oc2ccc(F)cc2)c1. The molecule has 0 aliphatic carbocycles. The van der Waals surface area contributed by atoms with Gasteiger partial charge in [0.15, 0.2) is 6.10 Å². The first-order valence-corrected chi connectivity index (χ1v) is 8.14. The molecule has 2 amide bonds. The zero-order valence-corrected chi connectivity index (χ0v) is 14.6. The summed E-state index contributed by atoms with van der Waals surface area (Å²) in [6, 6.07) is 12.8. The van der Waals surface area contributed by atoms with E-state index in [1.165, 1.54) is 31.2 Å². The minimum atomic E-state index is -0.857. The van der Waals surface area contributed by atoms with Crippen molar-refractivity contribution >= 4 is 11.8 Å². The Morgan fingerprint density at radius 1 is 1.08 bits per heavy atom. The van der Waals surface area contributed by atoms with Crippen LogP contribution >= 0.6 is 0 Å². The summed E-state index contributed by atoms with van der Waals surface area (Å²) in [5.74, 6) is -0.271. The molecule has 0 aliphatic rings. The van der Waals surface area contributed by atoms with E-state index in [2.05, 4.69) is 10.9 Å². The summed E-state index contributed by atoms with van der Waals surface area (Å²) in [5.41, 5.74) is 5.64. The Labute approximate surface area is 151 Å². The van der Waals surface area contributed by atoms with Crippen LogP contribution in [0.15, 0.2) is 48.5 Å². The Morgan fingerprint density at radius 3 is 2.50 bits per heavy atom. The first kappa shape index (κ1) is 19.2. The summed E-state index contributed by atoms with van der Waals surface area (Å²) in [5, 5.41) is 0. The maximum absolute atomic E-state index is 12.8. The molecule has 0 saturated carbocycles. The molecule has 0 unspecified atom stereocenters. The van der Waals surface area contributed by atoms with Gasteiger partial charge in [-0.25, -0.2) is 4.39 Å². The number of amides is 2. The van der Waals surface area contributed by atoms with E-state index in [4.69, 9.17) is 9.47 Å². The van der Waals surface area contributed by atoms with Gasteiger partial charge in [0.25, 0.3) is 5.91 Å². The number of hydrogen-bond donors (Lipinski definition) is 2. The van der Waals surface area contributed by atoms with Crippen LogP contribution in [-0.4, -0.2) is 24.5 Å². The lowest BCUT2D eigenvalue weighted by Crippen LogP contribution is -2.47. The molecule has 26 heavy (non-hydrogen) atoms.